The Morgan fingerprint density at radius 3 is 2.94 bits per heavy atom. The van der Waals surface area contributed by atoms with Gasteiger partial charge in [-0.05, 0) is 6.42 Å². The molecule has 0 spiro atoms. The molecule has 0 aromatic carbocycles. The van der Waals surface area contributed by atoms with Crippen molar-refractivity contribution in [2.24, 2.45) is 5.92 Å². The van der Waals surface area contributed by atoms with Crippen LogP contribution in [0.25, 0.3) is 11.2 Å². The summed E-state index contributed by atoms with van der Waals surface area (Å²) in [6.45, 7) is 0.00141. The van der Waals surface area contributed by atoms with Crippen LogP contribution in [0.1, 0.15) is 12.5 Å². The summed E-state index contributed by atoms with van der Waals surface area (Å²) in [5, 5.41) is 18.9. The fourth-order valence-corrected chi connectivity index (χ4v) is 2.28. The molecule has 4 N–H and O–H groups in total. The number of nitrogens with two attached hydrogens (primary N) is 1. The lowest BCUT2D eigenvalue weighted by Gasteiger charge is -2.40. The van der Waals surface area contributed by atoms with Crippen LogP contribution in [-0.4, -0.2) is 42.4 Å². The highest BCUT2D eigenvalue weighted by Gasteiger charge is 2.41. The Labute approximate surface area is 96.9 Å². The number of hydrogen-bond donors (Lipinski definition) is 3. The third kappa shape index (κ3) is 1.39. The predicted molar refractivity (Wildman–Crippen MR) is 60.0 cm³/mol. The molecule has 0 aliphatic heterocycles. The van der Waals surface area contributed by atoms with E-state index in [9.17, 15) is 5.11 Å². The smallest absolute Gasteiger partial charge is 0.165 e. The summed E-state index contributed by atoms with van der Waals surface area (Å²) in [7, 11) is 0. The second-order valence-electron chi connectivity index (χ2n) is 4.32. The van der Waals surface area contributed by atoms with E-state index in [-0.39, 0.29) is 18.6 Å². The first-order valence-electron chi connectivity index (χ1n) is 5.44. The Kier molecular flexibility index (Phi) is 2.23. The lowest BCUT2D eigenvalue weighted by molar-refractivity contribution is -0.0550. The van der Waals surface area contributed by atoms with E-state index in [2.05, 4.69) is 15.0 Å². The van der Waals surface area contributed by atoms with Gasteiger partial charge in [0.1, 0.15) is 11.8 Å². The van der Waals surface area contributed by atoms with E-state index >= 15 is 0 Å². The maximum atomic E-state index is 9.88. The molecule has 1 fully saturated rings. The van der Waals surface area contributed by atoms with E-state index in [0.717, 1.165) is 0 Å². The number of rotatable bonds is 2. The number of nitrogen functional groups attached to an aromatic ring is 1. The van der Waals surface area contributed by atoms with E-state index in [4.69, 9.17) is 10.8 Å². The number of aliphatic hydroxyl groups excluding tert-OH is 2. The number of hydrogen-bond acceptors (Lipinski definition) is 6. The number of nitrogens with zero attached hydrogens (tertiary/aromatic N) is 4. The molecule has 3 rings (SSSR count). The maximum Gasteiger partial charge on any atom is 0.165 e. The standard InChI is InChI=1S/C10H13N5O2/c11-9-7-10(13-3-12-9)15(4-14-7)6-1-5(2-16)8(6)17/h3-6,8,16-17H,1-2H2,(H2,11,12,13)/t5-,6-,8-/m1/s1. The molecule has 7 nitrogen and oxygen atoms in total. The molecule has 3 atom stereocenters. The molecule has 7 heteroatoms. The Balaban J connectivity index is 2.00. The summed E-state index contributed by atoms with van der Waals surface area (Å²) in [5.41, 5.74) is 6.86. The van der Waals surface area contributed by atoms with Crippen LogP contribution in [-0.2, 0) is 0 Å². The van der Waals surface area contributed by atoms with Crippen molar-refractivity contribution >= 4 is 17.0 Å². The molecule has 1 aliphatic carbocycles. The lowest BCUT2D eigenvalue weighted by atomic mass is 9.77. The molecule has 0 unspecified atom stereocenters. The van der Waals surface area contributed by atoms with Gasteiger partial charge in [-0.25, -0.2) is 15.0 Å². The first-order chi connectivity index (χ1) is 8.22. The monoisotopic (exact) mass is 235 g/mol. The first kappa shape index (κ1) is 10.4. The van der Waals surface area contributed by atoms with Crippen molar-refractivity contribution < 1.29 is 10.2 Å². The first-order valence-corrected chi connectivity index (χ1v) is 5.44. The maximum absolute atomic E-state index is 9.88. The average Bonchev–Trinajstić information content (AvgIpc) is 2.73. The summed E-state index contributed by atoms with van der Waals surface area (Å²) in [6.07, 6.45) is 3.14. The van der Waals surface area contributed by atoms with Gasteiger partial charge in [0, 0.05) is 12.5 Å². The largest absolute Gasteiger partial charge is 0.396 e. The summed E-state index contributed by atoms with van der Waals surface area (Å²) in [5.74, 6) is 0.276. The van der Waals surface area contributed by atoms with Crippen LogP contribution >= 0.6 is 0 Å². The van der Waals surface area contributed by atoms with Crippen LogP contribution in [0.4, 0.5) is 5.82 Å². The molecule has 2 aromatic rings. The van der Waals surface area contributed by atoms with Gasteiger partial charge >= 0.3 is 0 Å². The Morgan fingerprint density at radius 1 is 1.41 bits per heavy atom. The molecule has 2 heterocycles. The van der Waals surface area contributed by atoms with Crippen LogP contribution in [0.5, 0.6) is 0 Å². The number of anilines is 1. The zero-order valence-corrected chi connectivity index (χ0v) is 9.06. The van der Waals surface area contributed by atoms with E-state index in [1.165, 1.54) is 6.33 Å². The number of imidazole rings is 1. The van der Waals surface area contributed by atoms with Crippen LogP contribution in [0.15, 0.2) is 12.7 Å². The molecule has 0 bridgehead atoms. The molecule has 1 aliphatic rings. The summed E-state index contributed by atoms with van der Waals surface area (Å²) >= 11 is 0. The van der Waals surface area contributed by atoms with Crippen molar-refractivity contribution in [2.75, 3.05) is 12.3 Å². The van der Waals surface area contributed by atoms with Gasteiger partial charge in [0.25, 0.3) is 0 Å². The lowest BCUT2D eigenvalue weighted by Crippen LogP contribution is -2.44. The highest BCUT2D eigenvalue weighted by atomic mass is 16.3. The topological polar surface area (TPSA) is 110 Å². The number of aliphatic hydroxyl groups is 2. The molecular formula is C10H13N5O2. The third-order valence-electron chi connectivity index (χ3n) is 3.40. The van der Waals surface area contributed by atoms with Crippen molar-refractivity contribution in [3.8, 4) is 0 Å². The highest BCUT2D eigenvalue weighted by molar-refractivity contribution is 5.81. The minimum Gasteiger partial charge on any atom is -0.396 e. The van der Waals surface area contributed by atoms with Crippen molar-refractivity contribution in [3.63, 3.8) is 0 Å². The number of aromatic nitrogens is 4. The van der Waals surface area contributed by atoms with Crippen LogP contribution < -0.4 is 5.73 Å². The Morgan fingerprint density at radius 2 is 2.24 bits per heavy atom. The minimum absolute atomic E-state index is 0.00141. The Hall–Kier alpha value is -1.73. The minimum atomic E-state index is -0.561. The summed E-state index contributed by atoms with van der Waals surface area (Å²) in [6, 6.07) is -0.0913. The van der Waals surface area contributed by atoms with Gasteiger partial charge in [-0.15, -0.1) is 0 Å². The van der Waals surface area contributed by atoms with Gasteiger partial charge in [0.2, 0.25) is 0 Å². The van der Waals surface area contributed by atoms with Crippen molar-refractivity contribution in [2.45, 2.75) is 18.6 Å². The summed E-state index contributed by atoms with van der Waals surface area (Å²) in [4.78, 5) is 12.1. The molecule has 90 valence electrons. The van der Waals surface area contributed by atoms with Gasteiger partial charge in [-0.1, -0.05) is 0 Å². The normalized spacial score (nSPS) is 28.2. The van der Waals surface area contributed by atoms with Crippen molar-refractivity contribution in [3.05, 3.63) is 12.7 Å². The van der Waals surface area contributed by atoms with Gasteiger partial charge in [0.15, 0.2) is 11.5 Å². The van der Waals surface area contributed by atoms with Gasteiger partial charge < -0.3 is 20.5 Å². The van der Waals surface area contributed by atoms with E-state index in [1.807, 2.05) is 0 Å². The van der Waals surface area contributed by atoms with E-state index in [1.54, 1.807) is 10.9 Å². The quantitative estimate of drug-likeness (QED) is 0.636. The second-order valence-corrected chi connectivity index (χ2v) is 4.32. The summed E-state index contributed by atoms with van der Waals surface area (Å²) < 4.78 is 1.80. The van der Waals surface area contributed by atoms with Gasteiger partial charge in [-0.3, -0.25) is 0 Å². The number of fused-ring (bicyclic) bond motifs is 1. The fraction of sp³-hybridized carbons (Fsp3) is 0.500. The van der Waals surface area contributed by atoms with Crippen molar-refractivity contribution in [1.29, 1.82) is 0 Å². The van der Waals surface area contributed by atoms with Gasteiger partial charge in [0.05, 0.1) is 18.5 Å². The molecule has 2 aromatic heterocycles. The van der Waals surface area contributed by atoms with Crippen LogP contribution in [0.3, 0.4) is 0 Å². The van der Waals surface area contributed by atoms with Crippen LogP contribution in [0.2, 0.25) is 0 Å². The van der Waals surface area contributed by atoms with E-state index in [0.29, 0.717) is 23.4 Å². The van der Waals surface area contributed by atoms with E-state index < -0.39 is 6.10 Å². The molecule has 1 saturated carbocycles. The SMILES string of the molecule is Nc1ncnc2c1ncn2[C@@H]1C[C@H](CO)[C@H]1O. The fourth-order valence-electron chi connectivity index (χ4n) is 2.28. The molecule has 0 radical (unpaired) electrons. The molecule has 17 heavy (non-hydrogen) atoms. The van der Waals surface area contributed by atoms with Crippen molar-refractivity contribution in [1.82, 2.24) is 19.5 Å². The predicted octanol–water partition coefficient (Wildman–Crippen LogP) is -0.677. The molecule has 0 amide bonds. The zero-order valence-electron chi connectivity index (χ0n) is 9.06. The molecular weight excluding hydrogens is 222 g/mol. The highest BCUT2D eigenvalue weighted by Crippen LogP contribution is 2.39. The second kappa shape index (κ2) is 3.64. The zero-order chi connectivity index (χ0) is 12.0. The van der Waals surface area contributed by atoms with Crippen LogP contribution in [0, 0.1) is 5.92 Å². The third-order valence-corrected chi connectivity index (χ3v) is 3.40. The Bertz CT molecular complexity index is 555. The average molecular weight is 235 g/mol. The van der Waals surface area contributed by atoms with Gasteiger partial charge in [-0.2, -0.15) is 0 Å². The molecule has 0 saturated heterocycles.